The quantitative estimate of drug-likeness (QED) is 0.884. The van der Waals surface area contributed by atoms with Gasteiger partial charge in [0.15, 0.2) is 23.1 Å². The smallest absolute Gasteiger partial charge is 0.241 e. The maximum absolute atomic E-state index is 13.8. The Balaban J connectivity index is 1.62. The lowest BCUT2D eigenvalue weighted by Crippen LogP contribution is -2.27. The molecule has 0 bridgehead atoms. The summed E-state index contributed by atoms with van der Waals surface area (Å²) >= 11 is 0. The number of aryl methyl sites for hydroxylation is 1. The number of ether oxygens (including phenoxy) is 3. The zero-order valence-electron chi connectivity index (χ0n) is 14.1. The highest BCUT2D eigenvalue weighted by Gasteiger charge is 2.29. The number of methoxy groups -OCH3 is 1. The summed E-state index contributed by atoms with van der Waals surface area (Å²) in [5.74, 6) is 0.604. The predicted octanol–water partition coefficient (Wildman–Crippen LogP) is 2.57. The number of sulfonamides is 1. The fraction of sp³-hybridized carbons (Fsp3) is 0.333. The molecular formula is C18H18FNO5S. The Bertz CT molecular complexity index is 960. The highest BCUT2D eigenvalue weighted by molar-refractivity contribution is 7.89. The molecular weight excluding hydrogens is 361 g/mol. The average molecular weight is 379 g/mol. The Labute approximate surface area is 150 Å². The molecule has 2 aliphatic rings. The molecule has 8 heteroatoms. The van der Waals surface area contributed by atoms with E-state index < -0.39 is 21.9 Å². The number of fused-ring (bicyclic) bond motifs is 2. The van der Waals surface area contributed by atoms with Gasteiger partial charge in [-0.25, -0.2) is 17.5 Å². The van der Waals surface area contributed by atoms with Crippen LogP contribution in [0.1, 0.15) is 23.6 Å². The Morgan fingerprint density at radius 3 is 2.69 bits per heavy atom. The molecule has 6 nitrogen and oxygen atoms in total. The van der Waals surface area contributed by atoms with Crippen molar-refractivity contribution in [2.24, 2.45) is 0 Å². The van der Waals surface area contributed by atoms with Crippen LogP contribution < -0.4 is 18.9 Å². The van der Waals surface area contributed by atoms with Crippen molar-refractivity contribution in [1.82, 2.24) is 4.72 Å². The van der Waals surface area contributed by atoms with Gasteiger partial charge in [-0.15, -0.1) is 0 Å². The molecule has 1 N–H and O–H groups in total. The van der Waals surface area contributed by atoms with E-state index in [0.717, 1.165) is 11.1 Å². The third kappa shape index (κ3) is 2.99. The highest BCUT2D eigenvalue weighted by Crippen LogP contribution is 2.37. The van der Waals surface area contributed by atoms with Gasteiger partial charge in [-0.2, -0.15) is 0 Å². The minimum Gasteiger partial charge on any atom is -0.494 e. The predicted molar refractivity (Wildman–Crippen MR) is 91.8 cm³/mol. The van der Waals surface area contributed by atoms with Gasteiger partial charge in [-0.05, 0) is 48.2 Å². The first-order chi connectivity index (χ1) is 12.5. The molecule has 4 rings (SSSR count). The Morgan fingerprint density at radius 1 is 1.15 bits per heavy atom. The summed E-state index contributed by atoms with van der Waals surface area (Å²) < 4.78 is 58.0. The number of halogens is 1. The Morgan fingerprint density at radius 2 is 1.92 bits per heavy atom. The molecule has 2 aromatic carbocycles. The number of benzene rings is 2. The molecule has 0 spiro atoms. The van der Waals surface area contributed by atoms with Crippen LogP contribution in [0.4, 0.5) is 4.39 Å². The minimum absolute atomic E-state index is 0.101. The molecule has 1 heterocycles. The molecule has 0 amide bonds. The molecule has 1 unspecified atom stereocenters. The van der Waals surface area contributed by atoms with Crippen molar-refractivity contribution in [2.75, 3.05) is 20.3 Å². The zero-order valence-corrected chi connectivity index (χ0v) is 14.9. The second-order valence-corrected chi connectivity index (χ2v) is 7.92. The van der Waals surface area contributed by atoms with Gasteiger partial charge in [-0.3, -0.25) is 0 Å². The molecule has 1 aliphatic heterocycles. The van der Waals surface area contributed by atoms with Crippen LogP contribution in [-0.4, -0.2) is 28.7 Å². The van der Waals surface area contributed by atoms with E-state index >= 15 is 0 Å². The molecule has 0 saturated carbocycles. The standard InChI is InChI=1S/C18H18FNO5S/c1-23-17-10-13-11(8-14(17)19)2-4-15(13)20-26(21,22)12-3-5-16-18(9-12)25-7-6-24-16/h3,5,8-10,15,20H,2,4,6-7H2,1H3. The fourth-order valence-electron chi connectivity index (χ4n) is 3.33. The van der Waals surface area contributed by atoms with E-state index in [0.29, 0.717) is 37.6 Å². The minimum atomic E-state index is -3.77. The third-order valence-electron chi connectivity index (χ3n) is 4.61. The second-order valence-electron chi connectivity index (χ2n) is 6.20. The molecule has 1 atom stereocenters. The Kier molecular flexibility index (Phi) is 4.24. The van der Waals surface area contributed by atoms with E-state index in [1.807, 2.05) is 0 Å². The summed E-state index contributed by atoms with van der Waals surface area (Å²) in [5.41, 5.74) is 1.53. The van der Waals surface area contributed by atoms with E-state index in [1.54, 1.807) is 12.1 Å². The van der Waals surface area contributed by atoms with Crippen LogP contribution in [0.15, 0.2) is 35.2 Å². The van der Waals surface area contributed by atoms with E-state index in [9.17, 15) is 12.8 Å². The van der Waals surface area contributed by atoms with Gasteiger partial charge in [-0.1, -0.05) is 0 Å². The van der Waals surface area contributed by atoms with E-state index in [-0.39, 0.29) is 10.6 Å². The van der Waals surface area contributed by atoms with Crippen molar-refractivity contribution in [3.05, 3.63) is 47.3 Å². The van der Waals surface area contributed by atoms with Crippen LogP contribution in [0.3, 0.4) is 0 Å². The lowest BCUT2D eigenvalue weighted by molar-refractivity contribution is 0.171. The number of hydrogen-bond donors (Lipinski definition) is 1. The highest BCUT2D eigenvalue weighted by atomic mass is 32.2. The van der Waals surface area contributed by atoms with Gasteiger partial charge < -0.3 is 14.2 Å². The molecule has 138 valence electrons. The van der Waals surface area contributed by atoms with Crippen molar-refractivity contribution in [1.29, 1.82) is 0 Å². The van der Waals surface area contributed by atoms with Gasteiger partial charge in [0.2, 0.25) is 10.0 Å². The van der Waals surface area contributed by atoms with Crippen molar-refractivity contribution < 1.29 is 27.0 Å². The summed E-state index contributed by atoms with van der Waals surface area (Å²) in [4.78, 5) is 0.101. The van der Waals surface area contributed by atoms with Gasteiger partial charge >= 0.3 is 0 Å². The van der Waals surface area contributed by atoms with Crippen molar-refractivity contribution in [2.45, 2.75) is 23.8 Å². The molecule has 0 radical (unpaired) electrons. The average Bonchev–Trinajstić information content (AvgIpc) is 3.01. The third-order valence-corrected chi connectivity index (χ3v) is 6.08. The summed E-state index contributed by atoms with van der Waals surface area (Å²) in [7, 11) is -2.39. The maximum Gasteiger partial charge on any atom is 0.241 e. The first kappa shape index (κ1) is 17.1. The summed E-state index contributed by atoms with van der Waals surface area (Å²) in [6, 6.07) is 7.07. The van der Waals surface area contributed by atoms with Crippen molar-refractivity contribution in [3.8, 4) is 17.2 Å². The van der Waals surface area contributed by atoms with Gasteiger partial charge in [0.25, 0.3) is 0 Å². The van der Waals surface area contributed by atoms with Crippen LogP contribution >= 0.6 is 0 Å². The number of rotatable bonds is 4. The topological polar surface area (TPSA) is 73.9 Å². The van der Waals surface area contributed by atoms with E-state index in [1.165, 1.54) is 25.3 Å². The summed E-state index contributed by atoms with van der Waals surface area (Å²) in [6.07, 6.45) is 1.16. The second kappa shape index (κ2) is 6.44. The SMILES string of the molecule is COc1cc2c(cc1F)CCC2NS(=O)(=O)c1ccc2c(c1)OCCO2. The van der Waals surface area contributed by atoms with Crippen LogP contribution in [0.2, 0.25) is 0 Å². The first-order valence-corrected chi connectivity index (χ1v) is 9.74. The van der Waals surface area contributed by atoms with Gasteiger partial charge in [0.05, 0.1) is 12.0 Å². The lowest BCUT2D eigenvalue weighted by Gasteiger charge is -2.20. The van der Waals surface area contributed by atoms with Crippen LogP contribution in [0, 0.1) is 5.82 Å². The van der Waals surface area contributed by atoms with E-state index in [2.05, 4.69) is 4.72 Å². The molecule has 26 heavy (non-hydrogen) atoms. The maximum atomic E-state index is 13.8. The first-order valence-electron chi connectivity index (χ1n) is 8.26. The monoisotopic (exact) mass is 379 g/mol. The normalized spacial score (nSPS) is 18.5. The molecule has 0 aromatic heterocycles. The molecule has 0 fully saturated rings. The van der Waals surface area contributed by atoms with Gasteiger partial charge in [0, 0.05) is 12.1 Å². The number of nitrogens with one attached hydrogen (secondary N) is 1. The van der Waals surface area contributed by atoms with Crippen LogP contribution in [0.25, 0.3) is 0 Å². The lowest BCUT2D eigenvalue weighted by atomic mass is 10.1. The molecule has 1 aliphatic carbocycles. The van der Waals surface area contributed by atoms with Crippen LogP contribution in [-0.2, 0) is 16.4 Å². The summed E-state index contributed by atoms with van der Waals surface area (Å²) in [6.45, 7) is 0.819. The van der Waals surface area contributed by atoms with Crippen LogP contribution in [0.5, 0.6) is 17.2 Å². The van der Waals surface area contributed by atoms with E-state index in [4.69, 9.17) is 14.2 Å². The zero-order chi connectivity index (χ0) is 18.3. The van der Waals surface area contributed by atoms with Crippen molar-refractivity contribution in [3.63, 3.8) is 0 Å². The molecule has 2 aromatic rings. The summed E-state index contributed by atoms with van der Waals surface area (Å²) in [5, 5.41) is 0. The van der Waals surface area contributed by atoms with Crippen molar-refractivity contribution >= 4 is 10.0 Å². The largest absolute Gasteiger partial charge is 0.494 e. The molecule has 0 saturated heterocycles. The Hall–Kier alpha value is -2.32. The fourth-order valence-corrected chi connectivity index (χ4v) is 4.60. The van der Waals surface area contributed by atoms with Gasteiger partial charge in [0.1, 0.15) is 13.2 Å². The number of hydrogen-bond acceptors (Lipinski definition) is 5.